The van der Waals surface area contributed by atoms with Crippen molar-refractivity contribution in [3.8, 4) is 17.2 Å². The molecule has 2 amide bonds. The van der Waals surface area contributed by atoms with Crippen LogP contribution in [0.25, 0.3) is 6.08 Å². The van der Waals surface area contributed by atoms with Gasteiger partial charge in [0, 0.05) is 11.6 Å². The minimum atomic E-state index is -0.483. The summed E-state index contributed by atoms with van der Waals surface area (Å²) in [5.41, 5.74) is 7.01. The van der Waals surface area contributed by atoms with Crippen molar-refractivity contribution in [1.82, 2.24) is 10.9 Å². The van der Waals surface area contributed by atoms with Crippen molar-refractivity contribution in [2.45, 2.75) is 26.2 Å². The van der Waals surface area contributed by atoms with E-state index in [1.165, 1.54) is 27.4 Å². The van der Waals surface area contributed by atoms with Gasteiger partial charge >= 0.3 is 0 Å². The number of carbonyl (C=O) groups excluding carboxylic acids is 2. The van der Waals surface area contributed by atoms with Crippen molar-refractivity contribution in [3.05, 3.63) is 59.2 Å². The zero-order valence-electron chi connectivity index (χ0n) is 18.2. The van der Waals surface area contributed by atoms with Crippen LogP contribution in [-0.4, -0.2) is 33.1 Å². The summed E-state index contributed by atoms with van der Waals surface area (Å²) in [5.74, 6) is 0.535. The maximum absolute atomic E-state index is 12.2. The highest BCUT2D eigenvalue weighted by atomic mass is 16.5. The third kappa shape index (κ3) is 5.76. The summed E-state index contributed by atoms with van der Waals surface area (Å²) in [7, 11) is 4.55. The zero-order chi connectivity index (χ0) is 22.3. The third-order valence-corrected chi connectivity index (χ3v) is 4.43. The Labute approximate surface area is 177 Å². The lowest BCUT2D eigenvalue weighted by Crippen LogP contribution is -2.40. The van der Waals surface area contributed by atoms with Crippen LogP contribution in [0.15, 0.2) is 42.5 Å². The third-order valence-electron chi connectivity index (χ3n) is 4.43. The van der Waals surface area contributed by atoms with Crippen LogP contribution in [0.2, 0.25) is 0 Å². The van der Waals surface area contributed by atoms with Crippen molar-refractivity contribution in [2.75, 3.05) is 21.3 Å². The normalized spacial score (nSPS) is 11.1. The Hall–Kier alpha value is -3.48. The molecule has 0 spiro atoms. The Bertz CT molecular complexity index is 903. The van der Waals surface area contributed by atoms with E-state index in [0.29, 0.717) is 28.4 Å². The van der Waals surface area contributed by atoms with Crippen LogP contribution < -0.4 is 25.1 Å². The number of hydrogen-bond acceptors (Lipinski definition) is 5. The van der Waals surface area contributed by atoms with Crippen LogP contribution in [0, 0.1) is 0 Å². The van der Waals surface area contributed by atoms with Gasteiger partial charge in [0.05, 0.1) is 21.3 Å². The molecule has 0 radical (unpaired) electrons. The number of rotatable bonds is 6. The Kier molecular flexibility index (Phi) is 7.47. The first kappa shape index (κ1) is 22.8. The molecule has 2 aromatic rings. The highest BCUT2D eigenvalue weighted by Gasteiger charge is 2.15. The number of nitrogens with one attached hydrogen (secondary N) is 2. The maximum Gasteiger partial charge on any atom is 0.269 e. The first-order valence-corrected chi connectivity index (χ1v) is 9.38. The van der Waals surface area contributed by atoms with Gasteiger partial charge in [0.2, 0.25) is 5.75 Å². The van der Waals surface area contributed by atoms with Gasteiger partial charge in [-0.2, -0.15) is 0 Å². The van der Waals surface area contributed by atoms with Gasteiger partial charge in [-0.3, -0.25) is 20.4 Å². The van der Waals surface area contributed by atoms with E-state index in [-0.39, 0.29) is 5.41 Å². The van der Waals surface area contributed by atoms with Gasteiger partial charge in [0.15, 0.2) is 11.5 Å². The topological polar surface area (TPSA) is 85.9 Å². The molecule has 7 nitrogen and oxygen atoms in total. The summed E-state index contributed by atoms with van der Waals surface area (Å²) in [6, 6.07) is 10.7. The van der Waals surface area contributed by atoms with Gasteiger partial charge in [0.1, 0.15) is 0 Å². The Balaban J connectivity index is 2.00. The van der Waals surface area contributed by atoms with Crippen LogP contribution in [0.3, 0.4) is 0 Å². The molecule has 2 N–H and O–H groups in total. The molecule has 0 fully saturated rings. The van der Waals surface area contributed by atoms with E-state index in [1.807, 2.05) is 12.1 Å². The Morgan fingerprint density at radius 3 is 1.90 bits per heavy atom. The summed E-state index contributed by atoms with van der Waals surface area (Å²) in [6.07, 6.45) is 2.87. The first-order chi connectivity index (χ1) is 14.2. The highest BCUT2D eigenvalue weighted by molar-refractivity contribution is 5.98. The largest absolute Gasteiger partial charge is 0.493 e. The van der Waals surface area contributed by atoms with Gasteiger partial charge in [0.25, 0.3) is 11.8 Å². The van der Waals surface area contributed by atoms with Crippen LogP contribution in [-0.2, 0) is 10.2 Å². The Morgan fingerprint density at radius 2 is 1.43 bits per heavy atom. The molecule has 0 atom stereocenters. The van der Waals surface area contributed by atoms with E-state index < -0.39 is 11.8 Å². The van der Waals surface area contributed by atoms with Gasteiger partial charge in [-0.25, -0.2) is 0 Å². The predicted molar refractivity (Wildman–Crippen MR) is 116 cm³/mol. The molecular formula is C23H28N2O5. The average Bonchev–Trinajstić information content (AvgIpc) is 2.74. The monoisotopic (exact) mass is 412 g/mol. The van der Waals surface area contributed by atoms with Crippen LogP contribution in [0.4, 0.5) is 0 Å². The number of hydrazine groups is 1. The molecule has 0 aliphatic rings. The van der Waals surface area contributed by atoms with Gasteiger partial charge in [-0.15, -0.1) is 0 Å². The van der Waals surface area contributed by atoms with E-state index >= 15 is 0 Å². The van der Waals surface area contributed by atoms with E-state index in [4.69, 9.17) is 14.2 Å². The first-order valence-electron chi connectivity index (χ1n) is 9.38. The molecule has 0 heterocycles. The smallest absolute Gasteiger partial charge is 0.269 e. The molecule has 0 aromatic heterocycles. The average molecular weight is 412 g/mol. The second-order valence-electron chi connectivity index (χ2n) is 7.56. The maximum atomic E-state index is 12.2. The molecule has 0 aliphatic heterocycles. The lowest BCUT2D eigenvalue weighted by atomic mass is 9.87. The van der Waals surface area contributed by atoms with E-state index in [2.05, 4.69) is 31.6 Å². The van der Waals surface area contributed by atoms with Crippen LogP contribution in [0.5, 0.6) is 17.2 Å². The molecule has 2 aromatic carbocycles. The van der Waals surface area contributed by atoms with Crippen molar-refractivity contribution in [1.29, 1.82) is 0 Å². The van der Waals surface area contributed by atoms with Crippen molar-refractivity contribution >= 4 is 17.9 Å². The SMILES string of the molecule is COc1cc(/C=C/C(=O)NNC(=O)c2ccc(C(C)(C)C)cc2)cc(OC)c1OC. The second kappa shape index (κ2) is 9.82. The number of hydrogen-bond donors (Lipinski definition) is 2. The van der Waals surface area contributed by atoms with Crippen LogP contribution >= 0.6 is 0 Å². The summed E-state index contributed by atoms with van der Waals surface area (Å²) in [5, 5.41) is 0. The van der Waals surface area contributed by atoms with Crippen molar-refractivity contribution in [3.63, 3.8) is 0 Å². The molecule has 0 aliphatic carbocycles. The standard InChI is InChI=1S/C23H28N2O5/c1-23(2,3)17-10-8-16(9-11-17)22(27)25-24-20(26)12-7-15-13-18(28-4)21(30-6)19(14-15)29-5/h7-14H,1-6H3,(H,24,26)(H,25,27)/b12-7+. The van der Waals surface area contributed by atoms with Gasteiger partial charge in [-0.05, 0) is 46.9 Å². The lowest BCUT2D eigenvalue weighted by molar-refractivity contribution is -0.117. The van der Waals surface area contributed by atoms with Gasteiger partial charge < -0.3 is 14.2 Å². The van der Waals surface area contributed by atoms with Gasteiger partial charge in [-0.1, -0.05) is 32.9 Å². The highest BCUT2D eigenvalue weighted by Crippen LogP contribution is 2.38. The number of methoxy groups -OCH3 is 3. The second-order valence-corrected chi connectivity index (χ2v) is 7.56. The quantitative estimate of drug-likeness (QED) is 0.560. The number of ether oxygens (including phenoxy) is 3. The minimum Gasteiger partial charge on any atom is -0.493 e. The number of amides is 2. The van der Waals surface area contributed by atoms with E-state index in [9.17, 15) is 9.59 Å². The fourth-order valence-corrected chi connectivity index (χ4v) is 2.72. The van der Waals surface area contributed by atoms with Crippen LogP contribution in [0.1, 0.15) is 42.3 Å². The molecule has 2 rings (SSSR count). The summed E-state index contributed by atoms with van der Waals surface area (Å²) in [4.78, 5) is 24.3. The zero-order valence-corrected chi connectivity index (χ0v) is 18.2. The lowest BCUT2D eigenvalue weighted by Gasteiger charge is -2.19. The van der Waals surface area contributed by atoms with E-state index in [0.717, 1.165) is 5.56 Å². The predicted octanol–water partition coefficient (Wildman–Crippen LogP) is 3.48. The molecule has 7 heteroatoms. The molecule has 0 saturated heterocycles. The molecule has 0 bridgehead atoms. The Morgan fingerprint density at radius 1 is 0.867 bits per heavy atom. The summed E-state index contributed by atoms with van der Waals surface area (Å²) >= 11 is 0. The molecule has 160 valence electrons. The van der Waals surface area contributed by atoms with Crippen molar-refractivity contribution < 1.29 is 23.8 Å². The number of benzene rings is 2. The fourth-order valence-electron chi connectivity index (χ4n) is 2.72. The fraction of sp³-hybridized carbons (Fsp3) is 0.304. The molecular weight excluding hydrogens is 384 g/mol. The number of carbonyl (C=O) groups is 2. The van der Waals surface area contributed by atoms with Crippen molar-refractivity contribution in [2.24, 2.45) is 0 Å². The molecule has 0 unspecified atom stereocenters. The molecule has 30 heavy (non-hydrogen) atoms. The van der Waals surface area contributed by atoms with E-state index in [1.54, 1.807) is 30.3 Å². The minimum absolute atomic E-state index is 0.000829. The summed E-state index contributed by atoms with van der Waals surface area (Å²) in [6.45, 7) is 6.30. The summed E-state index contributed by atoms with van der Waals surface area (Å²) < 4.78 is 15.8. The molecule has 0 saturated carbocycles.